The maximum atomic E-state index is 13.1. The minimum atomic E-state index is -0.979. The van der Waals surface area contributed by atoms with Crippen molar-refractivity contribution in [2.45, 2.75) is 6.92 Å². The van der Waals surface area contributed by atoms with E-state index in [1.165, 1.54) is 4.68 Å². The van der Waals surface area contributed by atoms with Gasteiger partial charge in [0.2, 0.25) is 0 Å². The second kappa shape index (κ2) is 9.89. The molecule has 1 heterocycles. The van der Waals surface area contributed by atoms with Crippen LogP contribution >= 0.6 is 39.1 Å². The molecule has 1 aromatic heterocycles. The fraction of sp³-hybridized carbons (Fsp3) is 0.0417. The number of nitrogens with zero attached hydrogens (tertiary/aromatic N) is 1. The van der Waals surface area contributed by atoms with E-state index in [0.29, 0.717) is 27.3 Å². The number of carbonyl (C=O) groups excluding carboxylic acids is 3. The molecule has 34 heavy (non-hydrogen) atoms. The largest absolute Gasteiger partial charge is 0.328 e. The monoisotopic (exact) mass is 558 g/mol. The van der Waals surface area contributed by atoms with Crippen molar-refractivity contribution in [3.8, 4) is 0 Å². The number of hydrogen-bond donors (Lipinski definition) is 3. The van der Waals surface area contributed by atoms with E-state index in [-0.39, 0.29) is 10.7 Å². The van der Waals surface area contributed by atoms with Crippen molar-refractivity contribution in [1.29, 1.82) is 0 Å². The number of rotatable bonds is 4. The van der Waals surface area contributed by atoms with Gasteiger partial charge in [-0.25, -0.2) is 4.68 Å². The zero-order chi connectivity index (χ0) is 24.4. The lowest BCUT2D eigenvalue weighted by Gasteiger charge is -2.13. The molecule has 3 amide bonds. The first-order valence-corrected chi connectivity index (χ1v) is 11.5. The maximum absolute atomic E-state index is 13.1. The van der Waals surface area contributed by atoms with Gasteiger partial charge >= 0.3 is 11.8 Å². The van der Waals surface area contributed by atoms with Gasteiger partial charge in [0.25, 0.3) is 5.91 Å². The number of halogens is 3. The van der Waals surface area contributed by atoms with Gasteiger partial charge in [-0.3, -0.25) is 19.8 Å². The molecule has 3 aromatic carbocycles. The molecule has 3 N–H and O–H groups in total. The Hall–Kier alpha value is -3.33. The number of benzene rings is 3. The molecule has 172 valence electrons. The van der Waals surface area contributed by atoms with Gasteiger partial charge in [-0.2, -0.15) is 0 Å². The number of fused-ring (bicyclic) bond motifs is 1. The number of aromatic nitrogens is 1. The van der Waals surface area contributed by atoms with Crippen molar-refractivity contribution in [3.63, 3.8) is 0 Å². The van der Waals surface area contributed by atoms with Crippen molar-refractivity contribution in [1.82, 2.24) is 4.68 Å². The van der Waals surface area contributed by atoms with E-state index in [0.717, 1.165) is 10.0 Å². The van der Waals surface area contributed by atoms with E-state index >= 15 is 0 Å². The molecule has 0 unspecified atom stereocenters. The summed E-state index contributed by atoms with van der Waals surface area (Å²) in [6, 6.07) is 18.6. The molecule has 0 aliphatic carbocycles. The highest BCUT2D eigenvalue weighted by Gasteiger charge is 2.22. The zero-order valence-corrected chi connectivity index (χ0v) is 20.8. The number of hydrogen-bond acceptors (Lipinski definition) is 3. The molecule has 4 rings (SSSR count). The standard InChI is InChI=1S/C24H17BrCl2N4O3/c1-13-6-8-16(12-18(13)27)28-22(32)21-11-14-10-15(25)7-9-20(14)31(21)30-24(34)23(33)29-19-5-3-2-4-17(19)26/h2-12H,1H3,(H,28,32)(H,29,33)(H,30,34). The smallest absolute Gasteiger partial charge is 0.321 e. The Labute approximate surface area is 213 Å². The van der Waals surface area contributed by atoms with Crippen LogP contribution in [0.3, 0.4) is 0 Å². The number of nitrogens with one attached hydrogen (secondary N) is 3. The van der Waals surface area contributed by atoms with Crippen molar-refractivity contribution < 1.29 is 14.4 Å². The highest BCUT2D eigenvalue weighted by atomic mass is 79.9. The summed E-state index contributed by atoms with van der Waals surface area (Å²) in [6.45, 7) is 1.85. The van der Waals surface area contributed by atoms with Crippen molar-refractivity contribution in [3.05, 3.63) is 92.5 Å². The molecule has 0 saturated heterocycles. The average Bonchev–Trinajstić information content (AvgIpc) is 3.15. The van der Waals surface area contributed by atoms with Crippen LogP contribution in [0.5, 0.6) is 0 Å². The van der Waals surface area contributed by atoms with E-state index in [1.54, 1.807) is 66.7 Å². The Morgan fingerprint density at radius 1 is 0.853 bits per heavy atom. The van der Waals surface area contributed by atoms with Crippen LogP contribution in [0.25, 0.3) is 10.9 Å². The molecule has 10 heteroatoms. The SMILES string of the molecule is Cc1ccc(NC(=O)c2cc3cc(Br)ccc3n2NC(=O)C(=O)Nc2ccccc2Cl)cc1Cl. The molecule has 0 radical (unpaired) electrons. The zero-order valence-electron chi connectivity index (χ0n) is 17.7. The lowest BCUT2D eigenvalue weighted by molar-refractivity contribution is -0.133. The van der Waals surface area contributed by atoms with E-state index in [1.807, 2.05) is 6.92 Å². The molecule has 0 spiro atoms. The Balaban J connectivity index is 1.64. The summed E-state index contributed by atoms with van der Waals surface area (Å²) in [5, 5.41) is 6.70. The van der Waals surface area contributed by atoms with Crippen LogP contribution < -0.4 is 16.1 Å². The number of anilines is 2. The van der Waals surface area contributed by atoms with Crippen LogP contribution in [0, 0.1) is 6.92 Å². The van der Waals surface area contributed by atoms with Crippen LogP contribution in [-0.2, 0) is 9.59 Å². The summed E-state index contributed by atoms with van der Waals surface area (Å²) in [5.74, 6) is -2.42. The molecule has 0 aliphatic heterocycles. The van der Waals surface area contributed by atoms with Gasteiger partial charge in [0, 0.05) is 20.6 Å². The van der Waals surface area contributed by atoms with E-state index in [9.17, 15) is 14.4 Å². The Morgan fingerprint density at radius 2 is 1.62 bits per heavy atom. The van der Waals surface area contributed by atoms with Crippen LogP contribution in [0.2, 0.25) is 10.0 Å². The minimum Gasteiger partial charge on any atom is -0.321 e. The first kappa shape index (κ1) is 23.8. The van der Waals surface area contributed by atoms with Crippen molar-refractivity contribution >= 4 is 79.1 Å². The third-order valence-electron chi connectivity index (χ3n) is 4.97. The first-order chi connectivity index (χ1) is 16.2. The number of aryl methyl sites for hydroxylation is 1. The Kier molecular flexibility index (Phi) is 6.92. The molecule has 0 saturated carbocycles. The van der Waals surface area contributed by atoms with Crippen LogP contribution in [-0.4, -0.2) is 22.4 Å². The topological polar surface area (TPSA) is 92.2 Å². The van der Waals surface area contributed by atoms with E-state index in [4.69, 9.17) is 23.2 Å². The van der Waals surface area contributed by atoms with Crippen LogP contribution in [0.4, 0.5) is 11.4 Å². The summed E-state index contributed by atoms with van der Waals surface area (Å²) >= 11 is 15.6. The van der Waals surface area contributed by atoms with Crippen molar-refractivity contribution in [2.24, 2.45) is 0 Å². The summed E-state index contributed by atoms with van der Waals surface area (Å²) in [5.41, 5.74) is 4.79. The van der Waals surface area contributed by atoms with Gasteiger partial charge in [0.05, 0.1) is 16.2 Å². The number of amides is 3. The molecular weight excluding hydrogens is 543 g/mol. The van der Waals surface area contributed by atoms with Gasteiger partial charge in [0.1, 0.15) is 5.69 Å². The summed E-state index contributed by atoms with van der Waals surface area (Å²) < 4.78 is 2.05. The van der Waals surface area contributed by atoms with Gasteiger partial charge in [-0.15, -0.1) is 0 Å². The summed E-state index contributed by atoms with van der Waals surface area (Å²) in [7, 11) is 0. The highest BCUT2D eigenvalue weighted by Crippen LogP contribution is 2.25. The molecule has 0 bridgehead atoms. The Bertz CT molecular complexity index is 1450. The normalized spacial score (nSPS) is 10.7. The summed E-state index contributed by atoms with van der Waals surface area (Å²) in [4.78, 5) is 38.3. The molecule has 0 atom stereocenters. The van der Waals surface area contributed by atoms with Crippen molar-refractivity contribution in [2.75, 3.05) is 16.1 Å². The highest BCUT2D eigenvalue weighted by molar-refractivity contribution is 9.10. The van der Waals surface area contributed by atoms with Crippen LogP contribution in [0.1, 0.15) is 16.1 Å². The van der Waals surface area contributed by atoms with E-state index in [2.05, 4.69) is 32.0 Å². The predicted octanol–water partition coefficient (Wildman–Crippen LogP) is 5.98. The van der Waals surface area contributed by atoms with E-state index < -0.39 is 17.7 Å². The van der Waals surface area contributed by atoms with Gasteiger partial charge in [0.15, 0.2) is 0 Å². The fourth-order valence-corrected chi connectivity index (χ4v) is 3.98. The third-order valence-corrected chi connectivity index (χ3v) is 6.20. The Morgan fingerprint density at radius 3 is 2.35 bits per heavy atom. The molecule has 0 aliphatic rings. The quantitative estimate of drug-likeness (QED) is 0.268. The minimum absolute atomic E-state index is 0.115. The van der Waals surface area contributed by atoms with Gasteiger partial charge in [-0.05, 0) is 61.0 Å². The average molecular weight is 560 g/mol. The number of para-hydroxylation sites is 1. The molecule has 7 nitrogen and oxygen atoms in total. The second-order valence-corrected chi connectivity index (χ2v) is 9.09. The number of carbonyl (C=O) groups is 3. The van der Waals surface area contributed by atoms with Crippen LogP contribution in [0.15, 0.2) is 71.2 Å². The van der Waals surface area contributed by atoms with Gasteiger partial charge < -0.3 is 10.6 Å². The summed E-state index contributed by atoms with van der Waals surface area (Å²) in [6.07, 6.45) is 0. The first-order valence-electron chi connectivity index (χ1n) is 9.98. The molecule has 0 fully saturated rings. The lowest BCUT2D eigenvalue weighted by atomic mass is 10.2. The second-order valence-electron chi connectivity index (χ2n) is 7.36. The molecular formula is C24H17BrCl2N4O3. The fourth-order valence-electron chi connectivity index (χ4n) is 3.23. The lowest BCUT2D eigenvalue weighted by Crippen LogP contribution is -2.36. The maximum Gasteiger partial charge on any atom is 0.328 e. The van der Waals surface area contributed by atoms with Gasteiger partial charge in [-0.1, -0.05) is 57.3 Å². The third kappa shape index (κ3) is 5.09. The predicted molar refractivity (Wildman–Crippen MR) is 138 cm³/mol. The molecule has 4 aromatic rings.